The molecule has 1 heterocycles. The lowest BCUT2D eigenvalue weighted by molar-refractivity contribution is -0.113. The molecule has 3 aromatic rings. The normalized spacial score (nSPS) is 10.7. The first-order valence-corrected chi connectivity index (χ1v) is 10.7. The topological polar surface area (TPSA) is 88.9 Å². The van der Waals surface area contributed by atoms with E-state index in [1.807, 2.05) is 19.1 Å². The molecule has 0 atom stereocenters. The fourth-order valence-electron chi connectivity index (χ4n) is 2.51. The van der Waals surface area contributed by atoms with E-state index in [1.54, 1.807) is 41.9 Å². The Labute approximate surface area is 188 Å². The van der Waals surface area contributed by atoms with Crippen molar-refractivity contribution in [3.05, 3.63) is 69.5 Å². The summed E-state index contributed by atoms with van der Waals surface area (Å²) in [6.07, 6.45) is 0. The van der Waals surface area contributed by atoms with Gasteiger partial charge in [-0.25, -0.2) is 0 Å². The standard InChI is InChI=1S/C20H19Cl2N5O2S/c1-12-6-8-13(9-7-12)19(29)23-10-16-25-26-20(27(16)2)30-11-17(28)24-15-5-3-4-14(21)18(15)22/h3-9H,10-11H2,1-2H3,(H,23,29)(H,24,28). The van der Waals surface area contributed by atoms with E-state index in [4.69, 9.17) is 23.2 Å². The van der Waals surface area contributed by atoms with Crippen LogP contribution in [0.25, 0.3) is 0 Å². The van der Waals surface area contributed by atoms with Crippen LogP contribution in [0.3, 0.4) is 0 Å². The predicted molar refractivity (Wildman–Crippen MR) is 119 cm³/mol. The molecule has 0 aliphatic carbocycles. The maximum Gasteiger partial charge on any atom is 0.251 e. The lowest BCUT2D eigenvalue weighted by Gasteiger charge is -2.08. The summed E-state index contributed by atoms with van der Waals surface area (Å²) in [5.41, 5.74) is 2.11. The van der Waals surface area contributed by atoms with Crippen LogP contribution in [-0.2, 0) is 18.4 Å². The van der Waals surface area contributed by atoms with E-state index in [9.17, 15) is 9.59 Å². The summed E-state index contributed by atoms with van der Waals surface area (Å²) >= 11 is 13.3. The van der Waals surface area contributed by atoms with Crippen molar-refractivity contribution in [2.75, 3.05) is 11.1 Å². The maximum atomic E-state index is 12.2. The van der Waals surface area contributed by atoms with Crippen molar-refractivity contribution >= 4 is 52.5 Å². The molecule has 7 nitrogen and oxygen atoms in total. The van der Waals surface area contributed by atoms with E-state index in [0.29, 0.717) is 32.3 Å². The second kappa shape index (κ2) is 9.97. The molecule has 0 spiro atoms. The summed E-state index contributed by atoms with van der Waals surface area (Å²) in [5.74, 6) is 0.257. The minimum Gasteiger partial charge on any atom is -0.345 e. The summed E-state index contributed by atoms with van der Waals surface area (Å²) in [6, 6.07) is 12.3. The van der Waals surface area contributed by atoms with Crippen LogP contribution in [0.4, 0.5) is 5.69 Å². The van der Waals surface area contributed by atoms with Gasteiger partial charge in [0.15, 0.2) is 11.0 Å². The summed E-state index contributed by atoms with van der Waals surface area (Å²) < 4.78 is 1.74. The van der Waals surface area contributed by atoms with E-state index < -0.39 is 0 Å². The molecule has 2 amide bonds. The Morgan fingerprint density at radius 1 is 1.10 bits per heavy atom. The second-order valence-corrected chi connectivity index (χ2v) is 8.17. The number of anilines is 1. The van der Waals surface area contributed by atoms with Crippen LogP contribution in [0.2, 0.25) is 10.0 Å². The number of benzene rings is 2. The molecule has 0 saturated carbocycles. The number of halogens is 2. The van der Waals surface area contributed by atoms with Crippen LogP contribution in [-0.4, -0.2) is 32.3 Å². The van der Waals surface area contributed by atoms with Crippen LogP contribution in [0.15, 0.2) is 47.6 Å². The van der Waals surface area contributed by atoms with Gasteiger partial charge in [0.25, 0.3) is 5.91 Å². The molecule has 3 rings (SSSR count). The number of nitrogens with zero attached hydrogens (tertiary/aromatic N) is 3. The van der Waals surface area contributed by atoms with Gasteiger partial charge in [-0.15, -0.1) is 10.2 Å². The molecule has 10 heteroatoms. The van der Waals surface area contributed by atoms with Gasteiger partial charge in [-0.05, 0) is 31.2 Å². The van der Waals surface area contributed by atoms with Crippen molar-refractivity contribution in [1.82, 2.24) is 20.1 Å². The SMILES string of the molecule is Cc1ccc(C(=O)NCc2nnc(SCC(=O)Nc3cccc(Cl)c3Cl)n2C)cc1. The number of carbonyl (C=O) groups is 2. The molecule has 2 N–H and O–H groups in total. The Morgan fingerprint density at radius 3 is 2.57 bits per heavy atom. The highest BCUT2D eigenvalue weighted by atomic mass is 35.5. The largest absolute Gasteiger partial charge is 0.345 e. The van der Waals surface area contributed by atoms with Gasteiger partial charge < -0.3 is 15.2 Å². The molecule has 0 fully saturated rings. The number of rotatable bonds is 7. The highest BCUT2D eigenvalue weighted by Gasteiger charge is 2.14. The van der Waals surface area contributed by atoms with Gasteiger partial charge in [0, 0.05) is 12.6 Å². The molecule has 0 unspecified atom stereocenters. The van der Waals surface area contributed by atoms with Gasteiger partial charge in [-0.3, -0.25) is 9.59 Å². The smallest absolute Gasteiger partial charge is 0.251 e. The molecule has 0 aliphatic rings. The number of aryl methyl sites for hydroxylation is 1. The number of hydrogen-bond donors (Lipinski definition) is 2. The van der Waals surface area contributed by atoms with E-state index in [0.717, 1.165) is 5.56 Å². The molecule has 2 aromatic carbocycles. The fourth-order valence-corrected chi connectivity index (χ4v) is 3.59. The summed E-state index contributed by atoms with van der Waals surface area (Å²) in [5, 5.41) is 14.9. The molecular weight excluding hydrogens is 445 g/mol. The molecule has 1 aromatic heterocycles. The van der Waals surface area contributed by atoms with E-state index in [1.165, 1.54) is 11.8 Å². The number of nitrogens with one attached hydrogen (secondary N) is 2. The van der Waals surface area contributed by atoms with Gasteiger partial charge in [-0.1, -0.05) is 58.7 Å². The number of amides is 2. The third-order valence-electron chi connectivity index (χ3n) is 4.20. The number of aromatic nitrogens is 3. The quantitative estimate of drug-likeness (QED) is 0.515. The van der Waals surface area contributed by atoms with Crippen molar-refractivity contribution < 1.29 is 9.59 Å². The molecule has 0 bridgehead atoms. The van der Waals surface area contributed by atoms with Crippen molar-refractivity contribution in [1.29, 1.82) is 0 Å². The van der Waals surface area contributed by atoms with Crippen LogP contribution in [0.1, 0.15) is 21.7 Å². The Morgan fingerprint density at radius 2 is 1.83 bits per heavy atom. The first-order chi connectivity index (χ1) is 14.3. The Hall–Kier alpha value is -2.55. The molecule has 30 heavy (non-hydrogen) atoms. The zero-order chi connectivity index (χ0) is 21.7. The fraction of sp³-hybridized carbons (Fsp3) is 0.200. The number of thioether (sulfide) groups is 1. The van der Waals surface area contributed by atoms with Crippen molar-refractivity contribution in [2.24, 2.45) is 7.05 Å². The predicted octanol–water partition coefficient (Wildman–Crippen LogP) is 4.09. The monoisotopic (exact) mass is 463 g/mol. The zero-order valence-corrected chi connectivity index (χ0v) is 18.6. The van der Waals surface area contributed by atoms with Gasteiger partial charge >= 0.3 is 0 Å². The minimum atomic E-state index is -0.249. The van der Waals surface area contributed by atoms with Crippen molar-refractivity contribution in [2.45, 2.75) is 18.6 Å². The van der Waals surface area contributed by atoms with Crippen LogP contribution in [0.5, 0.6) is 0 Å². The van der Waals surface area contributed by atoms with Gasteiger partial charge in [-0.2, -0.15) is 0 Å². The van der Waals surface area contributed by atoms with E-state index in [2.05, 4.69) is 20.8 Å². The average Bonchev–Trinajstić information content (AvgIpc) is 3.08. The molecular formula is C20H19Cl2N5O2S. The summed E-state index contributed by atoms with van der Waals surface area (Å²) in [7, 11) is 1.78. The zero-order valence-electron chi connectivity index (χ0n) is 16.3. The Bertz CT molecular complexity index is 1070. The first kappa shape index (κ1) is 22.1. The summed E-state index contributed by atoms with van der Waals surface area (Å²) in [4.78, 5) is 24.5. The minimum absolute atomic E-state index is 0.116. The lowest BCUT2D eigenvalue weighted by atomic mass is 10.1. The second-order valence-electron chi connectivity index (χ2n) is 6.44. The molecule has 0 saturated heterocycles. The third kappa shape index (κ3) is 5.53. The number of hydrogen-bond acceptors (Lipinski definition) is 5. The Kier molecular flexibility index (Phi) is 7.36. The van der Waals surface area contributed by atoms with Crippen LogP contribution < -0.4 is 10.6 Å². The lowest BCUT2D eigenvalue weighted by Crippen LogP contribution is -2.24. The van der Waals surface area contributed by atoms with Crippen LogP contribution >= 0.6 is 35.0 Å². The summed E-state index contributed by atoms with van der Waals surface area (Å²) in [6.45, 7) is 2.19. The van der Waals surface area contributed by atoms with Crippen molar-refractivity contribution in [3.63, 3.8) is 0 Å². The maximum absolute atomic E-state index is 12.2. The van der Waals surface area contributed by atoms with E-state index in [-0.39, 0.29) is 24.1 Å². The van der Waals surface area contributed by atoms with Crippen LogP contribution in [0, 0.1) is 6.92 Å². The van der Waals surface area contributed by atoms with E-state index >= 15 is 0 Å². The highest BCUT2D eigenvalue weighted by molar-refractivity contribution is 7.99. The number of carbonyl (C=O) groups excluding carboxylic acids is 2. The highest BCUT2D eigenvalue weighted by Crippen LogP contribution is 2.29. The third-order valence-corrected chi connectivity index (χ3v) is 6.04. The molecule has 0 radical (unpaired) electrons. The van der Waals surface area contributed by atoms with Crippen molar-refractivity contribution in [3.8, 4) is 0 Å². The van der Waals surface area contributed by atoms with Gasteiger partial charge in [0.05, 0.1) is 28.0 Å². The van der Waals surface area contributed by atoms with Gasteiger partial charge in [0.2, 0.25) is 5.91 Å². The first-order valence-electron chi connectivity index (χ1n) is 8.95. The Balaban J connectivity index is 1.53. The molecule has 156 valence electrons. The molecule has 0 aliphatic heterocycles. The average molecular weight is 464 g/mol. The van der Waals surface area contributed by atoms with Gasteiger partial charge in [0.1, 0.15) is 0 Å².